The molecule has 0 aliphatic carbocycles. The summed E-state index contributed by atoms with van der Waals surface area (Å²) in [6, 6.07) is 19.6. The van der Waals surface area contributed by atoms with E-state index in [0.717, 1.165) is 10.2 Å². The van der Waals surface area contributed by atoms with Crippen LogP contribution in [0.1, 0.15) is 34.3 Å². The summed E-state index contributed by atoms with van der Waals surface area (Å²) in [6.07, 6.45) is 0.0185. The first-order valence-corrected chi connectivity index (χ1v) is 9.76. The molecule has 0 saturated heterocycles. The number of nitriles is 1. The Morgan fingerprint density at radius 3 is 2.32 bits per heavy atom. The molecule has 8 nitrogen and oxygen atoms in total. The van der Waals surface area contributed by atoms with Crippen molar-refractivity contribution >= 4 is 17.7 Å². The van der Waals surface area contributed by atoms with Gasteiger partial charge in [0, 0.05) is 5.92 Å². The summed E-state index contributed by atoms with van der Waals surface area (Å²) < 4.78 is 6.02. The lowest BCUT2D eigenvalue weighted by molar-refractivity contribution is -0.146. The third-order valence-electron chi connectivity index (χ3n) is 4.91. The number of nitrogens with two attached hydrogens (primary N) is 1. The summed E-state index contributed by atoms with van der Waals surface area (Å²) in [6.45, 7) is 1.71. The molecule has 1 aromatic heterocycles. The third kappa shape index (κ3) is 4.56. The number of nitrogen functional groups attached to an aromatic ring is 1. The molecule has 2 aromatic carbocycles. The number of hydrogen-bond acceptors (Lipinski definition) is 6. The molecular weight excluding hydrogens is 396 g/mol. The lowest BCUT2D eigenvalue weighted by Crippen LogP contribution is -2.27. The zero-order valence-electron chi connectivity index (χ0n) is 16.9. The van der Waals surface area contributed by atoms with Gasteiger partial charge in [0.1, 0.15) is 5.82 Å². The van der Waals surface area contributed by atoms with Crippen LogP contribution < -0.4 is 11.3 Å². The van der Waals surface area contributed by atoms with Crippen molar-refractivity contribution in [2.24, 2.45) is 5.92 Å². The van der Waals surface area contributed by atoms with Crippen molar-refractivity contribution in [3.8, 4) is 6.07 Å². The van der Waals surface area contributed by atoms with Crippen LogP contribution in [0.3, 0.4) is 0 Å². The number of carbonyl (C=O) groups excluding carboxylic acids is 2. The van der Waals surface area contributed by atoms with Crippen LogP contribution in [0.4, 0.5) is 5.82 Å². The molecular formula is C23H22N4O4. The van der Waals surface area contributed by atoms with Crippen LogP contribution in [-0.4, -0.2) is 28.3 Å². The van der Waals surface area contributed by atoms with Gasteiger partial charge < -0.3 is 10.5 Å². The second-order valence-corrected chi connectivity index (χ2v) is 6.88. The quantitative estimate of drug-likeness (QED) is 0.567. The van der Waals surface area contributed by atoms with E-state index in [1.165, 1.54) is 0 Å². The Bertz CT molecular complexity index is 1160. The monoisotopic (exact) mass is 418 g/mol. The first-order valence-electron chi connectivity index (χ1n) is 9.76. The number of nitrogens with zero attached hydrogens (tertiary/aromatic N) is 2. The highest BCUT2D eigenvalue weighted by atomic mass is 16.5. The van der Waals surface area contributed by atoms with E-state index in [-0.39, 0.29) is 24.4 Å². The largest absolute Gasteiger partial charge is 0.465 e. The number of nitrogens with one attached hydrogen (secondary N) is 1. The van der Waals surface area contributed by atoms with Gasteiger partial charge in [-0.15, -0.1) is 0 Å². The molecule has 3 rings (SSSR count). The summed E-state index contributed by atoms with van der Waals surface area (Å²) in [5.41, 5.74) is 6.84. The van der Waals surface area contributed by atoms with Crippen molar-refractivity contribution < 1.29 is 14.3 Å². The second kappa shape index (κ2) is 9.59. The molecule has 31 heavy (non-hydrogen) atoms. The van der Waals surface area contributed by atoms with Crippen LogP contribution in [0.15, 0.2) is 65.5 Å². The van der Waals surface area contributed by atoms with Gasteiger partial charge in [0.15, 0.2) is 5.92 Å². The van der Waals surface area contributed by atoms with E-state index in [1.54, 1.807) is 61.5 Å². The van der Waals surface area contributed by atoms with Gasteiger partial charge in [-0.2, -0.15) is 5.26 Å². The zero-order valence-corrected chi connectivity index (χ0v) is 16.9. The maximum Gasteiger partial charge on any atom is 0.324 e. The van der Waals surface area contributed by atoms with Crippen molar-refractivity contribution in [3.63, 3.8) is 0 Å². The van der Waals surface area contributed by atoms with Gasteiger partial charge in [-0.3, -0.25) is 19.5 Å². The van der Waals surface area contributed by atoms with Gasteiger partial charge >= 0.3 is 5.97 Å². The fourth-order valence-corrected chi connectivity index (χ4v) is 3.49. The lowest BCUT2D eigenvalue weighted by Gasteiger charge is -2.20. The lowest BCUT2D eigenvalue weighted by atomic mass is 9.82. The molecule has 3 aromatic rings. The Morgan fingerprint density at radius 1 is 1.13 bits per heavy atom. The average Bonchev–Trinajstić information content (AvgIpc) is 3.07. The van der Waals surface area contributed by atoms with Crippen LogP contribution in [0.2, 0.25) is 0 Å². The Hall–Kier alpha value is -4.12. The summed E-state index contributed by atoms with van der Waals surface area (Å²) in [7, 11) is 0. The van der Waals surface area contributed by atoms with Crippen molar-refractivity contribution in [1.82, 2.24) is 9.78 Å². The van der Waals surface area contributed by atoms with E-state index in [4.69, 9.17) is 10.5 Å². The maximum absolute atomic E-state index is 12.9. The molecule has 2 atom stereocenters. The van der Waals surface area contributed by atoms with Crippen molar-refractivity contribution in [2.45, 2.75) is 19.3 Å². The molecule has 0 spiro atoms. The Morgan fingerprint density at radius 2 is 1.74 bits per heavy atom. The number of hydrogen-bond donors (Lipinski definition) is 2. The molecule has 2 unspecified atom stereocenters. The van der Waals surface area contributed by atoms with Crippen LogP contribution >= 0.6 is 0 Å². The number of esters is 1. The van der Waals surface area contributed by atoms with Crippen LogP contribution in [0, 0.1) is 17.2 Å². The molecule has 0 aliphatic heterocycles. The molecule has 158 valence electrons. The Balaban J connectivity index is 2.08. The standard InChI is InChI=1S/C23H22N4O4/c1-2-31-23(30)17(14-24)19(16-11-7-4-8-12-16)20-21(25)27(26-22(20)29)18(28)13-15-9-5-3-6-10-15/h3-12,17,19H,2,13,25H2,1H3,(H,26,29). The summed E-state index contributed by atoms with van der Waals surface area (Å²) >= 11 is 0. The summed E-state index contributed by atoms with van der Waals surface area (Å²) in [4.78, 5) is 38.2. The number of aromatic nitrogens is 2. The minimum absolute atomic E-state index is 0.0185. The van der Waals surface area contributed by atoms with E-state index < -0.39 is 29.3 Å². The fraction of sp³-hybridized carbons (Fsp3) is 0.217. The van der Waals surface area contributed by atoms with E-state index in [0.29, 0.717) is 5.56 Å². The number of ether oxygens (including phenoxy) is 1. The maximum atomic E-state index is 12.9. The zero-order chi connectivity index (χ0) is 22.4. The van der Waals surface area contributed by atoms with E-state index >= 15 is 0 Å². The molecule has 1 heterocycles. The van der Waals surface area contributed by atoms with Gasteiger partial charge in [-0.1, -0.05) is 60.7 Å². The average molecular weight is 418 g/mol. The number of H-pyrrole nitrogens is 1. The van der Waals surface area contributed by atoms with Gasteiger partial charge in [0.05, 0.1) is 24.7 Å². The Labute approximate surface area is 178 Å². The highest BCUT2D eigenvalue weighted by molar-refractivity contribution is 5.84. The predicted octanol–water partition coefficient (Wildman–Crippen LogP) is 2.48. The van der Waals surface area contributed by atoms with E-state index in [1.807, 2.05) is 12.1 Å². The Kier molecular flexibility index (Phi) is 6.67. The van der Waals surface area contributed by atoms with Crippen molar-refractivity contribution in [2.75, 3.05) is 12.3 Å². The first kappa shape index (κ1) is 21.6. The summed E-state index contributed by atoms with van der Waals surface area (Å²) in [5.74, 6) is -3.65. The van der Waals surface area contributed by atoms with Crippen LogP contribution in [-0.2, 0) is 16.0 Å². The van der Waals surface area contributed by atoms with Crippen molar-refractivity contribution in [1.29, 1.82) is 5.26 Å². The van der Waals surface area contributed by atoms with Gasteiger partial charge in [-0.25, -0.2) is 4.68 Å². The molecule has 0 aliphatic rings. The number of benzene rings is 2. The van der Waals surface area contributed by atoms with Gasteiger partial charge in [0.2, 0.25) is 0 Å². The predicted molar refractivity (Wildman–Crippen MR) is 114 cm³/mol. The molecule has 8 heteroatoms. The number of anilines is 1. The molecule has 0 saturated carbocycles. The number of rotatable bonds is 7. The van der Waals surface area contributed by atoms with Gasteiger partial charge in [-0.05, 0) is 18.1 Å². The third-order valence-corrected chi connectivity index (χ3v) is 4.91. The molecule has 0 radical (unpaired) electrons. The van der Waals surface area contributed by atoms with Crippen molar-refractivity contribution in [3.05, 3.63) is 87.7 Å². The molecule has 0 amide bonds. The number of aromatic amines is 1. The highest BCUT2D eigenvalue weighted by Gasteiger charge is 2.37. The first-order chi connectivity index (χ1) is 15.0. The highest BCUT2D eigenvalue weighted by Crippen LogP contribution is 2.34. The SMILES string of the molecule is CCOC(=O)C(C#N)C(c1ccccc1)c1c(N)n(C(=O)Cc2ccccc2)[nH]c1=O. The molecule has 0 bridgehead atoms. The van der Waals surface area contributed by atoms with Crippen LogP contribution in [0.5, 0.6) is 0 Å². The van der Waals surface area contributed by atoms with Crippen LogP contribution in [0.25, 0.3) is 0 Å². The minimum atomic E-state index is -1.31. The minimum Gasteiger partial charge on any atom is -0.465 e. The fourth-order valence-electron chi connectivity index (χ4n) is 3.49. The second-order valence-electron chi connectivity index (χ2n) is 6.88. The number of carbonyl (C=O) groups is 2. The summed E-state index contributed by atoms with van der Waals surface area (Å²) in [5, 5.41) is 12.2. The molecule has 3 N–H and O–H groups in total. The topological polar surface area (TPSA) is 131 Å². The van der Waals surface area contributed by atoms with E-state index in [2.05, 4.69) is 5.10 Å². The normalized spacial score (nSPS) is 12.5. The van der Waals surface area contributed by atoms with Gasteiger partial charge in [0.25, 0.3) is 11.5 Å². The smallest absolute Gasteiger partial charge is 0.324 e. The molecule has 0 fully saturated rings. The van der Waals surface area contributed by atoms with E-state index in [9.17, 15) is 19.6 Å².